The Labute approximate surface area is 177 Å². The zero-order valence-corrected chi connectivity index (χ0v) is 18.0. The van der Waals surface area contributed by atoms with Gasteiger partial charge >= 0.3 is 0 Å². The number of fused-ring (bicyclic) bond motifs is 1. The number of aliphatic imine (C=N–C) groups is 1. The average molecular weight is 569 g/mol. The van der Waals surface area contributed by atoms with Crippen molar-refractivity contribution in [1.82, 2.24) is 9.38 Å². The third-order valence-electron chi connectivity index (χ3n) is 3.83. The molecule has 4 aromatic rings. The third-order valence-corrected chi connectivity index (χ3v) is 5.25. The van der Waals surface area contributed by atoms with Gasteiger partial charge in [0.2, 0.25) is 0 Å². The molecule has 0 saturated heterocycles. The number of furan rings is 1. The molecule has 0 unspecified atom stereocenters. The van der Waals surface area contributed by atoms with Crippen LogP contribution in [0.15, 0.2) is 64.3 Å². The molecule has 0 aliphatic rings. The van der Waals surface area contributed by atoms with Crippen LogP contribution in [-0.2, 0) is 0 Å². The Morgan fingerprint density at radius 3 is 2.85 bits per heavy atom. The van der Waals surface area contributed by atoms with E-state index in [1.807, 2.05) is 53.2 Å². The number of hydrogen-bond donors (Lipinski definition) is 0. The number of methoxy groups -OCH3 is 1. The van der Waals surface area contributed by atoms with Gasteiger partial charge in [-0.25, -0.2) is 9.98 Å². The van der Waals surface area contributed by atoms with Crippen LogP contribution in [0.2, 0.25) is 0 Å². The minimum atomic E-state index is 0.685. The van der Waals surface area contributed by atoms with Crippen LogP contribution in [0.25, 0.3) is 17.1 Å². The summed E-state index contributed by atoms with van der Waals surface area (Å²) in [6.07, 6.45) is 5.39. The third kappa shape index (κ3) is 3.25. The molecule has 130 valence electrons. The van der Waals surface area contributed by atoms with E-state index >= 15 is 0 Å². The molecule has 3 aromatic heterocycles. The summed E-state index contributed by atoms with van der Waals surface area (Å²) in [5, 5.41) is 0. The van der Waals surface area contributed by atoms with Gasteiger partial charge in [0.1, 0.15) is 11.4 Å². The molecule has 0 atom stereocenters. The average Bonchev–Trinajstić information content (AvgIpc) is 3.27. The fraction of sp³-hybridized carbons (Fsp3) is 0.0526. The number of rotatable bonds is 4. The minimum Gasteiger partial charge on any atom is -0.495 e. The van der Waals surface area contributed by atoms with Crippen molar-refractivity contribution >= 4 is 62.9 Å². The minimum absolute atomic E-state index is 0.685. The van der Waals surface area contributed by atoms with E-state index in [9.17, 15) is 0 Å². The Morgan fingerprint density at radius 1 is 1.19 bits per heavy atom. The van der Waals surface area contributed by atoms with Crippen LogP contribution in [-0.4, -0.2) is 22.7 Å². The van der Waals surface area contributed by atoms with Gasteiger partial charge in [0, 0.05) is 21.5 Å². The Morgan fingerprint density at radius 2 is 2.08 bits per heavy atom. The molecule has 0 amide bonds. The summed E-state index contributed by atoms with van der Waals surface area (Å²) in [5.41, 5.74) is 2.44. The molecule has 0 aliphatic carbocycles. The zero-order chi connectivity index (χ0) is 18.1. The van der Waals surface area contributed by atoms with Crippen LogP contribution in [0, 0.1) is 7.14 Å². The number of nitrogens with zero attached hydrogens (tertiary/aromatic N) is 3. The molecule has 1 aromatic carbocycles. The van der Waals surface area contributed by atoms with Crippen molar-refractivity contribution in [2.24, 2.45) is 4.99 Å². The highest BCUT2D eigenvalue weighted by Gasteiger charge is 2.15. The van der Waals surface area contributed by atoms with E-state index < -0.39 is 0 Å². The summed E-state index contributed by atoms with van der Waals surface area (Å²) < 4.78 is 15.2. The summed E-state index contributed by atoms with van der Waals surface area (Å²) in [7, 11) is 1.67. The number of aromatic nitrogens is 2. The summed E-state index contributed by atoms with van der Waals surface area (Å²) in [5.74, 6) is 2.21. The second kappa shape index (κ2) is 7.39. The number of halogens is 2. The van der Waals surface area contributed by atoms with Crippen LogP contribution in [0.4, 0.5) is 5.82 Å². The lowest BCUT2D eigenvalue weighted by Crippen LogP contribution is -1.95. The molecule has 0 radical (unpaired) electrons. The fourth-order valence-electron chi connectivity index (χ4n) is 2.71. The standard InChI is InChI=1S/C19H13I2N3O2/c1-25-18-12(9-13(20)10-14(18)21)11-22-19-17(15-5-4-8-26-15)23-16-6-2-3-7-24(16)19/h2-11H,1H3/b22-11+. The quantitative estimate of drug-likeness (QED) is 0.239. The van der Waals surface area contributed by atoms with Crippen molar-refractivity contribution in [3.05, 3.63) is 67.6 Å². The zero-order valence-electron chi connectivity index (χ0n) is 13.7. The van der Waals surface area contributed by atoms with Gasteiger partial charge in [0.15, 0.2) is 17.3 Å². The topological polar surface area (TPSA) is 52.0 Å². The van der Waals surface area contributed by atoms with E-state index in [1.54, 1.807) is 13.4 Å². The maximum Gasteiger partial charge on any atom is 0.168 e. The first-order chi connectivity index (χ1) is 12.7. The highest BCUT2D eigenvalue weighted by atomic mass is 127. The second-order valence-electron chi connectivity index (χ2n) is 5.46. The van der Waals surface area contributed by atoms with E-state index in [0.717, 1.165) is 24.1 Å². The summed E-state index contributed by atoms with van der Waals surface area (Å²) >= 11 is 4.56. The molecule has 7 heteroatoms. The lowest BCUT2D eigenvalue weighted by Gasteiger charge is -2.08. The molecular weight excluding hydrogens is 556 g/mol. The van der Waals surface area contributed by atoms with E-state index in [-0.39, 0.29) is 0 Å². The van der Waals surface area contributed by atoms with Gasteiger partial charge in [0.05, 0.1) is 16.9 Å². The van der Waals surface area contributed by atoms with Gasteiger partial charge in [-0.15, -0.1) is 0 Å². The van der Waals surface area contributed by atoms with Crippen LogP contribution in [0.1, 0.15) is 5.56 Å². The monoisotopic (exact) mass is 569 g/mol. The predicted molar refractivity (Wildman–Crippen MR) is 119 cm³/mol. The molecule has 0 aliphatic heterocycles. The van der Waals surface area contributed by atoms with Gasteiger partial charge < -0.3 is 9.15 Å². The van der Waals surface area contributed by atoms with Crippen molar-refractivity contribution in [3.63, 3.8) is 0 Å². The van der Waals surface area contributed by atoms with E-state index in [4.69, 9.17) is 14.1 Å². The van der Waals surface area contributed by atoms with E-state index in [2.05, 4.69) is 56.2 Å². The van der Waals surface area contributed by atoms with Crippen molar-refractivity contribution in [1.29, 1.82) is 0 Å². The highest BCUT2D eigenvalue weighted by molar-refractivity contribution is 14.1. The second-order valence-corrected chi connectivity index (χ2v) is 7.87. The molecule has 3 heterocycles. The summed E-state index contributed by atoms with van der Waals surface area (Å²) in [6, 6.07) is 13.7. The van der Waals surface area contributed by atoms with Gasteiger partial charge in [0.25, 0.3) is 0 Å². The Bertz CT molecular complexity index is 1100. The van der Waals surface area contributed by atoms with Crippen molar-refractivity contribution in [3.8, 4) is 17.2 Å². The molecule has 0 bridgehead atoms. The van der Waals surface area contributed by atoms with Crippen molar-refractivity contribution < 1.29 is 9.15 Å². The van der Waals surface area contributed by atoms with Gasteiger partial charge in [-0.05, 0) is 81.6 Å². The van der Waals surface area contributed by atoms with Gasteiger partial charge in [-0.3, -0.25) is 4.40 Å². The van der Waals surface area contributed by atoms with Crippen molar-refractivity contribution in [2.45, 2.75) is 0 Å². The molecule has 26 heavy (non-hydrogen) atoms. The summed E-state index contributed by atoms with van der Waals surface area (Å²) in [4.78, 5) is 9.41. The molecule has 5 nitrogen and oxygen atoms in total. The van der Waals surface area contributed by atoms with Crippen molar-refractivity contribution in [2.75, 3.05) is 7.11 Å². The van der Waals surface area contributed by atoms with Gasteiger partial charge in [-0.1, -0.05) is 6.07 Å². The summed E-state index contributed by atoms with van der Waals surface area (Å²) in [6.45, 7) is 0. The van der Waals surface area contributed by atoms with Crippen LogP contribution < -0.4 is 4.74 Å². The SMILES string of the molecule is COc1c(I)cc(I)cc1/C=N/c1c(-c2ccco2)nc2ccccn12. The molecule has 0 fully saturated rings. The smallest absolute Gasteiger partial charge is 0.168 e. The number of ether oxygens (including phenoxy) is 1. The van der Waals surface area contributed by atoms with E-state index in [0.29, 0.717) is 17.3 Å². The van der Waals surface area contributed by atoms with Gasteiger partial charge in [-0.2, -0.15) is 0 Å². The fourth-order valence-corrected chi connectivity index (χ4v) is 4.82. The predicted octanol–water partition coefficient (Wildman–Crippen LogP) is 5.56. The maximum absolute atomic E-state index is 5.55. The Balaban J connectivity index is 1.88. The normalized spacial score (nSPS) is 11.5. The van der Waals surface area contributed by atoms with E-state index in [1.165, 1.54) is 0 Å². The lowest BCUT2D eigenvalue weighted by molar-refractivity contribution is 0.411. The molecular formula is C19H13I2N3O2. The number of hydrogen-bond acceptors (Lipinski definition) is 4. The first kappa shape index (κ1) is 17.5. The Kier molecular flexibility index (Phi) is 4.98. The molecule has 0 spiro atoms. The molecule has 0 saturated carbocycles. The lowest BCUT2D eigenvalue weighted by atomic mass is 10.2. The van der Waals surface area contributed by atoms with Crippen LogP contribution in [0.5, 0.6) is 5.75 Å². The molecule has 0 N–H and O–H groups in total. The first-order valence-corrected chi connectivity index (χ1v) is 9.91. The van der Waals surface area contributed by atoms with Crippen LogP contribution in [0.3, 0.4) is 0 Å². The number of benzene rings is 1. The number of pyridine rings is 1. The highest BCUT2D eigenvalue weighted by Crippen LogP contribution is 2.32. The molecule has 4 rings (SSSR count). The Hall–Kier alpha value is -1.88. The largest absolute Gasteiger partial charge is 0.495 e. The maximum atomic E-state index is 5.55. The first-order valence-electron chi connectivity index (χ1n) is 7.75. The number of imidazole rings is 1. The van der Waals surface area contributed by atoms with Crippen LogP contribution >= 0.6 is 45.2 Å².